The number of hydrogen-bond donors (Lipinski definition) is 0. The van der Waals surface area contributed by atoms with Crippen LogP contribution in [0, 0.1) is 0 Å². The van der Waals surface area contributed by atoms with Crippen molar-refractivity contribution in [2.24, 2.45) is 0 Å². The van der Waals surface area contributed by atoms with Crippen LogP contribution >= 0.6 is 11.3 Å². The largest absolute Gasteiger partial charge is 0.135 e. The fourth-order valence-electron chi connectivity index (χ4n) is 3.89. The first-order valence-electron chi connectivity index (χ1n) is 8.83. The summed E-state index contributed by atoms with van der Waals surface area (Å²) in [5.41, 5.74) is 3.08. The van der Waals surface area contributed by atoms with Crippen molar-refractivity contribution in [2.75, 3.05) is 0 Å². The van der Waals surface area contributed by atoms with E-state index in [1.54, 1.807) is 11.3 Å². The smallest absolute Gasteiger partial charge is 0.113 e. The maximum Gasteiger partial charge on any atom is 0.113 e. The van der Waals surface area contributed by atoms with E-state index in [9.17, 15) is 0 Å². The van der Waals surface area contributed by atoms with E-state index in [-0.39, 0.29) is 16.4 Å². The molecule has 1 aromatic heterocycles. The number of hydrogen-bond acceptors (Lipinski definition) is 1. The van der Waals surface area contributed by atoms with Gasteiger partial charge in [-0.2, -0.15) is 0 Å². The Hall–Kier alpha value is -2.32. The molecule has 118 valence electrons. The lowest BCUT2D eigenvalue weighted by Crippen LogP contribution is -2.55. The molecule has 0 atom stereocenters. The topological polar surface area (TPSA) is 0 Å². The van der Waals surface area contributed by atoms with E-state index in [1.807, 2.05) is 24.3 Å². The van der Waals surface area contributed by atoms with Crippen LogP contribution in [0.3, 0.4) is 0 Å². The van der Waals surface area contributed by atoms with E-state index >= 15 is 0 Å². The van der Waals surface area contributed by atoms with Crippen molar-refractivity contribution in [1.29, 1.82) is 0 Å². The van der Waals surface area contributed by atoms with E-state index in [0.717, 1.165) is 26.4 Å². The average molecular weight is 359 g/mol. The zero-order valence-corrected chi connectivity index (χ0v) is 15.8. The predicted molar refractivity (Wildman–Crippen MR) is 129 cm³/mol. The number of fused-ring (bicyclic) bond motifs is 4. The van der Waals surface area contributed by atoms with Crippen LogP contribution in [0.2, 0.25) is 0 Å². The second kappa shape index (κ2) is 6.35. The third-order valence-electron chi connectivity index (χ3n) is 5.34. The van der Waals surface area contributed by atoms with Crippen LogP contribution in [0.4, 0.5) is 0 Å². The quantitative estimate of drug-likeness (QED) is 0.389. The molecule has 0 saturated heterocycles. The van der Waals surface area contributed by atoms with Gasteiger partial charge < -0.3 is 0 Å². The van der Waals surface area contributed by atoms with E-state index in [4.69, 9.17) is 39.2 Å². The second-order valence-electron chi connectivity index (χ2n) is 6.89. The SMILES string of the molecule is [B]c1c([B])c([B])c(-c2c3ccccc3cc3c2sc2ccccc23)c([B])c1[B]. The second-order valence-corrected chi connectivity index (χ2v) is 7.94. The van der Waals surface area contributed by atoms with Gasteiger partial charge in [0, 0.05) is 25.7 Å². The molecule has 0 aliphatic carbocycles. The van der Waals surface area contributed by atoms with Gasteiger partial charge >= 0.3 is 0 Å². The number of thiophene rings is 1. The Morgan fingerprint density at radius 1 is 0.536 bits per heavy atom. The first kappa shape index (κ1) is 17.8. The highest BCUT2D eigenvalue weighted by Crippen LogP contribution is 2.42. The van der Waals surface area contributed by atoms with Gasteiger partial charge in [-0.25, -0.2) is 0 Å². The molecule has 4 aromatic carbocycles. The molecule has 0 unspecified atom stereocenters. The molecule has 0 fully saturated rings. The highest BCUT2D eigenvalue weighted by Gasteiger charge is 2.19. The first-order chi connectivity index (χ1) is 13.5. The monoisotopic (exact) mass is 360 g/mol. The van der Waals surface area contributed by atoms with E-state index in [0.29, 0.717) is 16.5 Å². The molecule has 0 amide bonds. The molecule has 6 heteroatoms. The minimum absolute atomic E-state index is 0.228. The summed E-state index contributed by atoms with van der Waals surface area (Å²) in [6, 6.07) is 18.7. The van der Waals surface area contributed by atoms with Gasteiger partial charge in [0.05, 0.1) is 0 Å². The van der Waals surface area contributed by atoms with Gasteiger partial charge in [0.1, 0.15) is 39.2 Å². The normalized spacial score (nSPS) is 11.6. The van der Waals surface area contributed by atoms with Gasteiger partial charge in [-0.1, -0.05) is 53.4 Å². The zero-order chi connectivity index (χ0) is 19.6. The fourth-order valence-corrected chi connectivity index (χ4v) is 5.14. The van der Waals surface area contributed by atoms with Crippen molar-refractivity contribution in [1.82, 2.24) is 0 Å². The highest BCUT2D eigenvalue weighted by molar-refractivity contribution is 7.26. The zero-order valence-electron chi connectivity index (χ0n) is 15.0. The van der Waals surface area contributed by atoms with E-state index in [2.05, 4.69) is 30.3 Å². The van der Waals surface area contributed by atoms with Gasteiger partial charge in [0.15, 0.2) is 0 Å². The van der Waals surface area contributed by atoms with E-state index in [1.165, 1.54) is 10.1 Å². The van der Waals surface area contributed by atoms with Crippen molar-refractivity contribution in [3.05, 3.63) is 54.6 Å². The van der Waals surface area contributed by atoms with Gasteiger partial charge in [0.25, 0.3) is 0 Å². The van der Waals surface area contributed by atoms with Crippen molar-refractivity contribution in [3.8, 4) is 11.1 Å². The molecular weight excluding hydrogens is 350 g/mol. The van der Waals surface area contributed by atoms with Gasteiger partial charge in [-0.3, -0.25) is 0 Å². The van der Waals surface area contributed by atoms with Crippen LogP contribution < -0.4 is 27.3 Å². The van der Waals surface area contributed by atoms with Gasteiger partial charge in [-0.15, -0.1) is 27.7 Å². The third-order valence-corrected chi connectivity index (χ3v) is 6.54. The molecule has 0 bridgehead atoms. The Bertz CT molecular complexity index is 1390. The predicted octanol–water partition coefficient (Wildman–Crippen LogP) is 0.844. The maximum atomic E-state index is 6.43. The molecule has 5 rings (SSSR count). The Kier molecular flexibility index (Phi) is 4.03. The van der Waals surface area contributed by atoms with E-state index < -0.39 is 0 Å². The molecular formula is C22H9B5S. The van der Waals surface area contributed by atoms with Gasteiger partial charge in [-0.05, 0) is 28.5 Å². The highest BCUT2D eigenvalue weighted by atomic mass is 32.1. The van der Waals surface area contributed by atoms with Crippen LogP contribution in [0.5, 0.6) is 0 Å². The number of rotatable bonds is 1. The van der Waals surface area contributed by atoms with Crippen molar-refractivity contribution in [3.63, 3.8) is 0 Å². The van der Waals surface area contributed by atoms with Crippen molar-refractivity contribution in [2.45, 2.75) is 0 Å². The summed E-state index contributed by atoms with van der Waals surface area (Å²) in [6.07, 6.45) is 0. The maximum absolute atomic E-state index is 6.43. The van der Waals surface area contributed by atoms with Crippen LogP contribution in [0.25, 0.3) is 42.1 Å². The summed E-state index contributed by atoms with van der Waals surface area (Å²) in [5, 5.41) is 4.50. The van der Waals surface area contributed by atoms with Crippen molar-refractivity contribution >= 4 is 109 Å². The molecule has 28 heavy (non-hydrogen) atoms. The lowest BCUT2D eigenvalue weighted by atomic mass is 9.59. The molecule has 0 nitrogen and oxygen atoms in total. The summed E-state index contributed by atoms with van der Waals surface area (Å²) >= 11 is 1.71. The molecule has 0 aliphatic heterocycles. The molecule has 5 aromatic rings. The molecule has 0 spiro atoms. The Labute approximate surface area is 174 Å². The van der Waals surface area contributed by atoms with Crippen LogP contribution in [0.15, 0.2) is 54.6 Å². The Morgan fingerprint density at radius 3 is 1.82 bits per heavy atom. The molecule has 1 heterocycles. The summed E-state index contributed by atoms with van der Waals surface area (Å²) in [4.78, 5) is 0. The fraction of sp³-hybridized carbons (Fsp3) is 0. The minimum atomic E-state index is 0.228. The lowest BCUT2D eigenvalue weighted by Gasteiger charge is -2.23. The summed E-state index contributed by atoms with van der Waals surface area (Å²) < 4.78 is 2.30. The van der Waals surface area contributed by atoms with Crippen LogP contribution in [-0.4, -0.2) is 39.2 Å². The van der Waals surface area contributed by atoms with Crippen LogP contribution in [0.1, 0.15) is 0 Å². The molecule has 0 saturated carbocycles. The summed E-state index contributed by atoms with van der Waals surface area (Å²) in [6.45, 7) is 0. The number of benzene rings is 4. The molecule has 0 aliphatic rings. The minimum Gasteiger partial charge on any atom is -0.135 e. The molecule has 10 radical (unpaired) electrons. The summed E-state index contributed by atoms with van der Waals surface area (Å²) in [7, 11) is 31.2. The molecule has 0 N–H and O–H groups in total. The first-order valence-corrected chi connectivity index (χ1v) is 9.65. The Balaban J connectivity index is 2.08. The Morgan fingerprint density at radius 2 is 1.11 bits per heavy atom. The van der Waals surface area contributed by atoms with Gasteiger partial charge in [0.2, 0.25) is 0 Å². The van der Waals surface area contributed by atoms with Crippen molar-refractivity contribution < 1.29 is 0 Å². The van der Waals surface area contributed by atoms with Crippen LogP contribution in [-0.2, 0) is 0 Å². The lowest BCUT2D eigenvalue weighted by molar-refractivity contribution is 1.80. The summed E-state index contributed by atoms with van der Waals surface area (Å²) in [5.74, 6) is 0. The average Bonchev–Trinajstić information content (AvgIpc) is 3.08. The third kappa shape index (κ3) is 2.37. The standard InChI is InChI=1S/C22H9B5S/c23-17-16(18(24)20(26)21(27)19(17)25)15-11-6-2-1-5-10(11)9-13-12-7-3-4-8-14(12)28-22(13)15/h1-9H.